The number of allylic oxidation sites excluding steroid dienone is 2. The molecule has 0 aliphatic rings. The number of rotatable bonds is 5. The van der Waals surface area contributed by atoms with E-state index in [0.29, 0.717) is 6.42 Å². The van der Waals surface area contributed by atoms with Gasteiger partial charge in [-0.3, -0.25) is 0 Å². The second kappa shape index (κ2) is 6.28. The van der Waals surface area contributed by atoms with E-state index in [9.17, 15) is 26.3 Å². The Morgan fingerprint density at radius 2 is 1.53 bits per heavy atom. The van der Waals surface area contributed by atoms with Crippen molar-refractivity contribution in [3.05, 3.63) is 11.6 Å². The van der Waals surface area contributed by atoms with E-state index < -0.39 is 17.9 Å². The third-order valence-corrected chi connectivity index (χ3v) is 2.24. The lowest BCUT2D eigenvalue weighted by Crippen LogP contribution is -2.26. The number of halogens is 6. The van der Waals surface area contributed by atoms with Crippen molar-refractivity contribution in [2.24, 2.45) is 5.92 Å². The molecular formula is C10H14F6O. The van der Waals surface area contributed by atoms with Gasteiger partial charge in [-0.25, -0.2) is 0 Å². The van der Waals surface area contributed by atoms with Crippen LogP contribution in [0.3, 0.4) is 0 Å². The molecule has 7 heteroatoms. The van der Waals surface area contributed by atoms with Crippen molar-refractivity contribution < 1.29 is 31.4 Å². The van der Waals surface area contributed by atoms with Gasteiger partial charge in [0.2, 0.25) is 0 Å². The van der Waals surface area contributed by atoms with Crippen molar-refractivity contribution in [3.8, 4) is 0 Å². The molecule has 0 aromatic heterocycles. The van der Waals surface area contributed by atoms with E-state index in [-0.39, 0.29) is 31.4 Å². The first kappa shape index (κ1) is 16.3. The minimum atomic E-state index is -5.38. The summed E-state index contributed by atoms with van der Waals surface area (Å²) in [5.74, 6) is -0.112. The van der Waals surface area contributed by atoms with Crippen molar-refractivity contribution in [3.63, 3.8) is 0 Å². The molecule has 17 heavy (non-hydrogen) atoms. The normalized spacial score (nSPS) is 14.6. The summed E-state index contributed by atoms with van der Waals surface area (Å²) in [5.41, 5.74) is -2.46. The van der Waals surface area contributed by atoms with Crippen LogP contribution in [-0.4, -0.2) is 24.1 Å². The summed E-state index contributed by atoms with van der Waals surface area (Å²) >= 11 is 0. The zero-order valence-corrected chi connectivity index (χ0v) is 9.20. The Balaban J connectivity index is 4.53. The number of hydrogen-bond donors (Lipinski definition) is 1. The Labute approximate surface area is 95.1 Å². The van der Waals surface area contributed by atoms with Gasteiger partial charge in [-0.05, 0) is 25.2 Å². The van der Waals surface area contributed by atoms with Gasteiger partial charge >= 0.3 is 12.4 Å². The number of aliphatic hydroxyl groups is 1. The minimum Gasteiger partial charge on any atom is -0.396 e. The lowest BCUT2D eigenvalue weighted by Gasteiger charge is -2.15. The first-order valence-electron chi connectivity index (χ1n) is 5.04. The zero-order chi connectivity index (χ0) is 13.7. The molecule has 0 fully saturated rings. The van der Waals surface area contributed by atoms with Crippen molar-refractivity contribution in [2.75, 3.05) is 6.61 Å². The topological polar surface area (TPSA) is 20.2 Å². The van der Waals surface area contributed by atoms with Crippen LogP contribution in [0.25, 0.3) is 0 Å². The highest BCUT2D eigenvalue weighted by Crippen LogP contribution is 2.38. The molecule has 0 aliphatic carbocycles. The molecule has 0 bridgehead atoms. The van der Waals surface area contributed by atoms with Crippen molar-refractivity contribution in [1.82, 2.24) is 0 Å². The SMILES string of the molecule is CC(CCO)CCC=C(C(F)(F)F)C(F)(F)F. The fourth-order valence-corrected chi connectivity index (χ4v) is 1.27. The lowest BCUT2D eigenvalue weighted by molar-refractivity contribution is -0.172. The van der Waals surface area contributed by atoms with Crippen LogP contribution in [0.4, 0.5) is 26.3 Å². The molecule has 1 atom stereocenters. The van der Waals surface area contributed by atoms with Gasteiger partial charge in [-0.15, -0.1) is 0 Å². The average molecular weight is 264 g/mol. The molecule has 0 spiro atoms. The second-order valence-corrected chi connectivity index (χ2v) is 3.81. The molecule has 0 saturated carbocycles. The Kier molecular flexibility index (Phi) is 6.01. The molecule has 0 aromatic carbocycles. The van der Waals surface area contributed by atoms with Gasteiger partial charge in [0.25, 0.3) is 0 Å². The van der Waals surface area contributed by atoms with E-state index in [1.807, 2.05) is 0 Å². The molecular weight excluding hydrogens is 250 g/mol. The monoisotopic (exact) mass is 264 g/mol. The highest BCUT2D eigenvalue weighted by atomic mass is 19.4. The largest absolute Gasteiger partial charge is 0.420 e. The van der Waals surface area contributed by atoms with E-state index in [1.165, 1.54) is 0 Å². The van der Waals surface area contributed by atoms with Crippen LogP contribution >= 0.6 is 0 Å². The summed E-state index contributed by atoms with van der Waals surface area (Å²) in [5, 5.41) is 8.53. The van der Waals surface area contributed by atoms with Gasteiger partial charge in [0.15, 0.2) is 0 Å². The van der Waals surface area contributed by atoms with Crippen LogP contribution in [0.15, 0.2) is 11.6 Å². The highest BCUT2D eigenvalue weighted by molar-refractivity contribution is 5.15. The summed E-state index contributed by atoms with van der Waals surface area (Å²) in [4.78, 5) is 0. The summed E-state index contributed by atoms with van der Waals surface area (Å²) in [6.45, 7) is 1.53. The maximum atomic E-state index is 12.1. The number of alkyl halides is 6. The summed E-state index contributed by atoms with van der Waals surface area (Å²) in [6, 6.07) is 0. The molecule has 1 unspecified atom stereocenters. The molecule has 0 heterocycles. The van der Waals surface area contributed by atoms with E-state index in [4.69, 9.17) is 5.11 Å². The molecule has 102 valence electrons. The van der Waals surface area contributed by atoms with E-state index in [1.54, 1.807) is 6.92 Å². The predicted molar refractivity (Wildman–Crippen MR) is 50.3 cm³/mol. The standard InChI is InChI=1S/C10H14F6O/c1-7(5-6-17)3-2-4-8(9(11,12)13)10(14,15)16/h4,7,17H,2-3,5-6H2,1H3. The third kappa shape index (κ3) is 6.55. The molecule has 1 nitrogen and oxygen atoms in total. The Hall–Kier alpha value is -0.720. The van der Waals surface area contributed by atoms with E-state index in [0.717, 1.165) is 0 Å². The van der Waals surface area contributed by atoms with Crippen LogP contribution in [0.2, 0.25) is 0 Å². The van der Waals surface area contributed by atoms with Gasteiger partial charge in [0.05, 0.1) is 0 Å². The number of hydrogen-bond acceptors (Lipinski definition) is 1. The van der Waals surface area contributed by atoms with Crippen LogP contribution in [0, 0.1) is 5.92 Å². The fraction of sp³-hybridized carbons (Fsp3) is 0.800. The second-order valence-electron chi connectivity index (χ2n) is 3.81. The van der Waals surface area contributed by atoms with Gasteiger partial charge in [-0.2, -0.15) is 26.3 Å². The first-order chi connectivity index (χ1) is 7.59. The summed E-state index contributed by atoms with van der Waals surface area (Å²) in [6.07, 6.45) is -10.3. The molecule has 0 aromatic rings. The van der Waals surface area contributed by atoms with Gasteiger partial charge in [0.1, 0.15) is 5.57 Å². The van der Waals surface area contributed by atoms with E-state index in [2.05, 4.69) is 0 Å². The highest BCUT2D eigenvalue weighted by Gasteiger charge is 2.50. The van der Waals surface area contributed by atoms with Crippen LogP contribution < -0.4 is 0 Å². The van der Waals surface area contributed by atoms with Crippen molar-refractivity contribution in [2.45, 2.75) is 38.5 Å². The van der Waals surface area contributed by atoms with Crippen LogP contribution in [0.5, 0.6) is 0 Å². The Bertz CT molecular complexity index is 237. The van der Waals surface area contributed by atoms with Gasteiger partial charge < -0.3 is 5.11 Å². The summed E-state index contributed by atoms with van der Waals surface area (Å²) < 4.78 is 72.4. The maximum absolute atomic E-state index is 12.1. The molecule has 0 saturated heterocycles. The maximum Gasteiger partial charge on any atom is 0.420 e. The first-order valence-corrected chi connectivity index (χ1v) is 5.04. The van der Waals surface area contributed by atoms with E-state index >= 15 is 0 Å². The predicted octanol–water partition coefficient (Wildman–Crippen LogP) is 3.84. The van der Waals surface area contributed by atoms with Crippen molar-refractivity contribution in [1.29, 1.82) is 0 Å². The average Bonchev–Trinajstić information content (AvgIpc) is 2.08. The molecule has 1 N–H and O–H groups in total. The van der Waals surface area contributed by atoms with Crippen molar-refractivity contribution >= 4 is 0 Å². The third-order valence-electron chi connectivity index (χ3n) is 2.24. The molecule has 0 amide bonds. The van der Waals surface area contributed by atoms with Crippen LogP contribution in [-0.2, 0) is 0 Å². The number of aliphatic hydroxyl groups excluding tert-OH is 1. The summed E-state index contributed by atoms with van der Waals surface area (Å²) in [7, 11) is 0. The fourth-order valence-electron chi connectivity index (χ4n) is 1.27. The zero-order valence-electron chi connectivity index (χ0n) is 9.20. The lowest BCUT2D eigenvalue weighted by atomic mass is 10.0. The molecule has 0 radical (unpaired) electrons. The van der Waals surface area contributed by atoms with Gasteiger partial charge in [0, 0.05) is 6.61 Å². The van der Waals surface area contributed by atoms with Crippen LogP contribution in [0.1, 0.15) is 26.2 Å². The molecule has 0 aliphatic heterocycles. The van der Waals surface area contributed by atoms with Gasteiger partial charge in [-0.1, -0.05) is 13.0 Å². The molecule has 0 rings (SSSR count). The smallest absolute Gasteiger partial charge is 0.396 e. The minimum absolute atomic E-state index is 0.112. The quantitative estimate of drug-likeness (QED) is 0.591. The Morgan fingerprint density at radius 3 is 1.88 bits per heavy atom. The Morgan fingerprint density at radius 1 is 1.06 bits per heavy atom.